The first-order valence-corrected chi connectivity index (χ1v) is 4.98. The largest absolute Gasteiger partial charge is 0.389 e. The van der Waals surface area contributed by atoms with Crippen LogP contribution < -0.4 is 5.32 Å². The first-order valence-electron chi connectivity index (χ1n) is 4.98. The second-order valence-electron chi connectivity index (χ2n) is 3.82. The first-order chi connectivity index (χ1) is 6.79. The molecule has 2 N–H and O–H groups in total. The van der Waals surface area contributed by atoms with Crippen LogP contribution in [0.4, 0.5) is 0 Å². The highest BCUT2D eigenvalue weighted by Gasteiger charge is 2.30. The second kappa shape index (κ2) is 4.02. The lowest BCUT2D eigenvalue weighted by Gasteiger charge is -2.31. The average molecular weight is 193 g/mol. The molecule has 1 fully saturated rings. The Kier molecular flexibility index (Phi) is 2.74. The van der Waals surface area contributed by atoms with Gasteiger partial charge in [-0.25, -0.2) is 9.97 Å². The van der Waals surface area contributed by atoms with Crippen molar-refractivity contribution in [2.45, 2.75) is 24.9 Å². The van der Waals surface area contributed by atoms with E-state index in [-0.39, 0.29) is 0 Å². The Bertz CT molecular complexity index is 283. The predicted octanol–water partition coefficient (Wildman–Crippen LogP) is 0.134. The summed E-state index contributed by atoms with van der Waals surface area (Å²) in [5, 5.41) is 13.4. The van der Waals surface area contributed by atoms with Gasteiger partial charge < -0.3 is 10.4 Å². The van der Waals surface area contributed by atoms with E-state index in [1.165, 1.54) is 0 Å². The van der Waals surface area contributed by atoms with Crippen LogP contribution in [0, 0.1) is 0 Å². The van der Waals surface area contributed by atoms with E-state index in [9.17, 15) is 5.11 Å². The molecule has 0 amide bonds. The predicted molar refractivity (Wildman–Crippen MR) is 52.8 cm³/mol. The summed E-state index contributed by atoms with van der Waals surface area (Å²) in [6, 6.07) is 1.79. The lowest BCUT2D eigenvalue weighted by atomic mass is 9.89. The van der Waals surface area contributed by atoms with Crippen molar-refractivity contribution in [3.05, 3.63) is 24.3 Å². The van der Waals surface area contributed by atoms with Crippen molar-refractivity contribution < 1.29 is 5.11 Å². The van der Waals surface area contributed by atoms with E-state index in [1.54, 1.807) is 18.5 Å². The molecular weight excluding hydrogens is 178 g/mol. The summed E-state index contributed by atoms with van der Waals surface area (Å²) in [5.74, 6) is 0.733. The Morgan fingerprint density at radius 2 is 1.93 bits per heavy atom. The lowest BCUT2D eigenvalue weighted by Crippen LogP contribution is -2.43. The van der Waals surface area contributed by atoms with Crippen molar-refractivity contribution in [3.63, 3.8) is 0 Å². The van der Waals surface area contributed by atoms with Crippen molar-refractivity contribution in [2.24, 2.45) is 0 Å². The maximum absolute atomic E-state index is 10.2. The van der Waals surface area contributed by atoms with Crippen LogP contribution in [0.1, 0.15) is 18.7 Å². The van der Waals surface area contributed by atoms with E-state index in [4.69, 9.17) is 0 Å². The molecule has 1 aliphatic rings. The summed E-state index contributed by atoms with van der Waals surface area (Å²) in [6.45, 7) is 1.76. The molecule has 1 aromatic heterocycles. The van der Waals surface area contributed by atoms with Crippen molar-refractivity contribution in [1.82, 2.24) is 15.3 Å². The van der Waals surface area contributed by atoms with Gasteiger partial charge in [-0.05, 0) is 32.0 Å². The number of rotatable bonds is 2. The van der Waals surface area contributed by atoms with Crippen molar-refractivity contribution >= 4 is 0 Å². The minimum absolute atomic E-state index is 0.565. The molecule has 0 aromatic carbocycles. The standard InChI is InChI=1S/C10H15N3O/c14-10(2-6-11-7-3-10)8-9-12-4-1-5-13-9/h1,4-5,11,14H,2-3,6-8H2. The number of nitrogens with one attached hydrogen (secondary N) is 1. The Labute approximate surface area is 83.4 Å². The molecule has 0 radical (unpaired) electrons. The molecule has 1 aliphatic heterocycles. The number of aromatic nitrogens is 2. The number of aliphatic hydroxyl groups is 1. The fourth-order valence-corrected chi connectivity index (χ4v) is 1.78. The summed E-state index contributed by atoms with van der Waals surface area (Å²) < 4.78 is 0. The van der Waals surface area contributed by atoms with E-state index >= 15 is 0 Å². The molecular formula is C10H15N3O. The minimum Gasteiger partial charge on any atom is -0.389 e. The van der Waals surface area contributed by atoms with Crippen LogP contribution in [0.5, 0.6) is 0 Å². The van der Waals surface area contributed by atoms with Crippen LogP contribution in [0.2, 0.25) is 0 Å². The SMILES string of the molecule is OC1(Cc2ncccn2)CCNCC1. The highest BCUT2D eigenvalue weighted by atomic mass is 16.3. The van der Waals surface area contributed by atoms with E-state index in [0.29, 0.717) is 6.42 Å². The van der Waals surface area contributed by atoms with Crippen molar-refractivity contribution in [1.29, 1.82) is 0 Å². The molecule has 0 bridgehead atoms. The number of nitrogens with zero attached hydrogens (tertiary/aromatic N) is 2. The fraction of sp³-hybridized carbons (Fsp3) is 0.600. The second-order valence-corrected chi connectivity index (χ2v) is 3.82. The summed E-state index contributed by atoms with van der Waals surface area (Å²) in [6.07, 6.45) is 5.56. The van der Waals surface area contributed by atoms with E-state index in [1.807, 2.05) is 0 Å². The van der Waals surface area contributed by atoms with E-state index in [2.05, 4.69) is 15.3 Å². The average Bonchev–Trinajstić information content (AvgIpc) is 2.19. The molecule has 0 saturated carbocycles. The van der Waals surface area contributed by atoms with Gasteiger partial charge in [-0.2, -0.15) is 0 Å². The van der Waals surface area contributed by atoms with Crippen LogP contribution in [0.25, 0.3) is 0 Å². The van der Waals surface area contributed by atoms with Gasteiger partial charge in [-0.1, -0.05) is 0 Å². The summed E-state index contributed by atoms with van der Waals surface area (Å²) in [7, 11) is 0. The van der Waals surface area contributed by atoms with Crippen molar-refractivity contribution in [3.8, 4) is 0 Å². The zero-order valence-corrected chi connectivity index (χ0v) is 8.11. The molecule has 2 heterocycles. The Hall–Kier alpha value is -1.00. The highest BCUT2D eigenvalue weighted by molar-refractivity contribution is 4.97. The van der Waals surface area contributed by atoms with Gasteiger partial charge in [0.25, 0.3) is 0 Å². The Balaban J connectivity index is 2.02. The summed E-state index contributed by atoms with van der Waals surface area (Å²) in [5.41, 5.74) is -0.605. The van der Waals surface area contributed by atoms with Crippen LogP contribution in [0.15, 0.2) is 18.5 Å². The van der Waals surface area contributed by atoms with Gasteiger partial charge in [-0.15, -0.1) is 0 Å². The molecule has 4 heteroatoms. The van der Waals surface area contributed by atoms with Crippen LogP contribution >= 0.6 is 0 Å². The lowest BCUT2D eigenvalue weighted by molar-refractivity contribution is 0.00910. The van der Waals surface area contributed by atoms with Gasteiger partial charge in [0.15, 0.2) is 0 Å². The van der Waals surface area contributed by atoms with Crippen LogP contribution in [-0.2, 0) is 6.42 Å². The van der Waals surface area contributed by atoms with Gasteiger partial charge in [0.2, 0.25) is 0 Å². The molecule has 1 saturated heterocycles. The fourth-order valence-electron chi connectivity index (χ4n) is 1.78. The van der Waals surface area contributed by atoms with E-state index in [0.717, 1.165) is 31.8 Å². The number of piperidine rings is 1. The monoisotopic (exact) mass is 193 g/mol. The molecule has 76 valence electrons. The molecule has 1 aromatic rings. The molecule has 2 rings (SSSR count). The number of hydrogen-bond acceptors (Lipinski definition) is 4. The highest BCUT2D eigenvalue weighted by Crippen LogP contribution is 2.21. The van der Waals surface area contributed by atoms with Gasteiger partial charge in [0, 0.05) is 18.8 Å². The third kappa shape index (κ3) is 2.27. The summed E-state index contributed by atoms with van der Waals surface area (Å²) in [4.78, 5) is 8.25. The first kappa shape index (κ1) is 9.55. The normalized spacial score (nSPS) is 20.6. The van der Waals surface area contributed by atoms with Gasteiger partial charge in [0.1, 0.15) is 5.82 Å². The third-order valence-corrected chi connectivity index (χ3v) is 2.64. The molecule has 14 heavy (non-hydrogen) atoms. The zero-order valence-electron chi connectivity index (χ0n) is 8.11. The van der Waals surface area contributed by atoms with Crippen LogP contribution in [-0.4, -0.2) is 33.8 Å². The zero-order chi connectivity index (χ0) is 9.86. The quantitative estimate of drug-likeness (QED) is 0.701. The van der Waals surface area contributed by atoms with Gasteiger partial charge in [-0.3, -0.25) is 0 Å². The Morgan fingerprint density at radius 1 is 1.29 bits per heavy atom. The topological polar surface area (TPSA) is 58.0 Å². The van der Waals surface area contributed by atoms with Crippen LogP contribution in [0.3, 0.4) is 0 Å². The molecule has 0 unspecified atom stereocenters. The molecule has 0 spiro atoms. The smallest absolute Gasteiger partial charge is 0.131 e. The van der Waals surface area contributed by atoms with Crippen molar-refractivity contribution in [2.75, 3.05) is 13.1 Å². The maximum atomic E-state index is 10.2. The Morgan fingerprint density at radius 3 is 2.57 bits per heavy atom. The third-order valence-electron chi connectivity index (χ3n) is 2.64. The van der Waals surface area contributed by atoms with E-state index < -0.39 is 5.60 Å². The van der Waals surface area contributed by atoms with Gasteiger partial charge in [0.05, 0.1) is 5.60 Å². The maximum Gasteiger partial charge on any atom is 0.131 e. The minimum atomic E-state index is -0.605. The summed E-state index contributed by atoms with van der Waals surface area (Å²) >= 11 is 0. The molecule has 0 aliphatic carbocycles. The van der Waals surface area contributed by atoms with Gasteiger partial charge >= 0.3 is 0 Å². The molecule has 4 nitrogen and oxygen atoms in total. The number of hydrogen-bond donors (Lipinski definition) is 2. The molecule has 0 atom stereocenters.